The number of hydrogen-bond donors (Lipinski definition) is 1. The topological polar surface area (TPSA) is 35.2 Å². The Hall–Kier alpha value is -1.09. The molecule has 1 aromatic carbocycles. The summed E-state index contributed by atoms with van der Waals surface area (Å²) in [5.74, 6) is 0.503. The van der Waals surface area contributed by atoms with Gasteiger partial charge in [-0.1, -0.05) is 25.3 Å². The number of hydrogen-bond acceptors (Lipinski definition) is 2. The third kappa shape index (κ3) is 2.95. The van der Waals surface area contributed by atoms with Gasteiger partial charge in [-0.15, -0.1) is 0 Å². The average molecular weight is 223 g/mol. The number of halogens is 1. The summed E-state index contributed by atoms with van der Waals surface area (Å²) < 4.78 is 18.6. The highest BCUT2D eigenvalue weighted by Gasteiger charge is 2.16. The lowest BCUT2D eigenvalue weighted by atomic mass is 9.83. The molecule has 2 rings (SSSR count). The van der Waals surface area contributed by atoms with E-state index in [0.29, 0.717) is 6.61 Å². The van der Waals surface area contributed by atoms with Crippen molar-refractivity contribution in [2.75, 3.05) is 12.3 Å². The predicted octanol–water partition coefficient (Wildman–Crippen LogP) is 3.11. The van der Waals surface area contributed by atoms with Crippen LogP contribution in [0.5, 0.6) is 0 Å². The van der Waals surface area contributed by atoms with Crippen LogP contribution >= 0.6 is 0 Å². The maximum Gasteiger partial charge on any atom is 0.146 e. The molecule has 16 heavy (non-hydrogen) atoms. The highest BCUT2D eigenvalue weighted by Crippen LogP contribution is 2.29. The van der Waals surface area contributed by atoms with Crippen molar-refractivity contribution in [1.82, 2.24) is 0 Å². The Morgan fingerprint density at radius 3 is 2.81 bits per heavy atom. The van der Waals surface area contributed by atoms with Crippen LogP contribution in [0.25, 0.3) is 0 Å². The fourth-order valence-corrected chi connectivity index (χ4v) is 1.88. The first kappa shape index (κ1) is 11.4. The van der Waals surface area contributed by atoms with Crippen LogP contribution in [0.4, 0.5) is 10.1 Å². The summed E-state index contributed by atoms with van der Waals surface area (Å²) in [5, 5.41) is 0. The molecule has 0 unspecified atom stereocenters. The number of nitrogen functional groups attached to an aromatic ring is 1. The van der Waals surface area contributed by atoms with E-state index in [1.807, 2.05) is 6.07 Å². The third-order valence-electron chi connectivity index (χ3n) is 3.23. The van der Waals surface area contributed by atoms with Crippen molar-refractivity contribution in [3.8, 4) is 0 Å². The van der Waals surface area contributed by atoms with Crippen molar-refractivity contribution in [1.29, 1.82) is 0 Å². The smallest absolute Gasteiger partial charge is 0.146 e. The van der Waals surface area contributed by atoms with Gasteiger partial charge in [-0.2, -0.15) is 0 Å². The van der Waals surface area contributed by atoms with Gasteiger partial charge in [-0.3, -0.25) is 0 Å². The van der Waals surface area contributed by atoms with E-state index in [-0.39, 0.29) is 11.5 Å². The van der Waals surface area contributed by atoms with E-state index >= 15 is 0 Å². The van der Waals surface area contributed by atoms with Crippen molar-refractivity contribution < 1.29 is 9.13 Å². The Morgan fingerprint density at radius 1 is 1.38 bits per heavy atom. The zero-order chi connectivity index (χ0) is 11.4. The molecular formula is C13H18FNO. The second-order valence-corrected chi connectivity index (χ2v) is 4.49. The number of rotatable bonds is 5. The fraction of sp³-hybridized carbons (Fsp3) is 0.538. The molecule has 0 radical (unpaired) electrons. The van der Waals surface area contributed by atoms with Gasteiger partial charge in [0.15, 0.2) is 0 Å². The van der Waals surface area contributed by atoms with Crippen molar-refractivity contribution in [3.63, 3.8) is 0 Å². The first-order valence-electron chi connectivity index (χ1n) is 5.87. The minimum Gasteiger partial charge on any atom is -0.396 e. The maximum atomic E-state index is 13.1. The van der Waals surface area contributed by atoms with Crippen molar-refractivity contribution in [3.05, 3.63) is 29.6 Å². The lowest BCUT2D eigenvalue weighted by Gasteiger charge is -2.24. The largest absolute Gasteiger partial charge is 0.396 e. The molecule has 1 fully saturated rings. The van der Waals surface area contributed by atoms with E-state index in [0.717, 1.165) is 24.5 Å². The standard InChI is InChI=1S/C13H18FNO/c14-12-8-11(4-5-13(12)15)9-16-7-6-10-2-1-3-10/h4-5,8,10H,1-3,6-7,9,15H2. The summed E-state index contributed by atoms with van der Waals surface area (Å²) in [7, 11) is 0. The number of nitrogens with two attached hydrogens (primary N) is 1. The van der Waals surface area contributed by atoms with E-state index in [2.05, 4.69) is 0 Å². The van der Waals surface area contributed by atoms with Crippen LogP contribution in [-0.4, -0.2) is 6.61 Å². The molecule has 1 aliphatic rings. The molecule has 0 atom stereocenters. The van der Waals surface area contributed by atoms with Crippen LogP contribution in [-0.2, 0) is 11.3 Å². The molecule has 0 aromatic heterocycles. The van der Waals surface area contributed by atoms with Crippen molar-refractivity contribution in [2.45, 2.75) is 32.3 Å². The van der Waals surface area contributed by atoms with Gasteiger partial charge in [0.2, 0.25) is 0 Å². The Bertz CT molecular complexity index is 350. The van der Waals surface area contributed by atoms with Gasteiger partial charge in [0.05, 0.1) is 12.3 Å². The predicted molar refractivity (Wildman–Crippen MR) is 62.4 cm³/mol. The minimum atomic E-state index is -0.361. The van der Waals surface area contributed by atoms with Gasteiger partial charge in [0.1, 0.15) is 5.82 Å². The first-order chi connectivity index (χ1) is 7.75. The molecule has 0 bridgehead atoms. The van der Waals surface area contributed by atoms with E-state index in [1.54, 1.807) is 6.07 Å². The highest BCUT2D eigenvalue weighted by molar-refractivity contribution is 5.41. The van der Waals surface area contributed by atoms with Gasteiger partial charge in [0.25, 0.3) is 0 Å². The molecule has 88 valence electrons. The van der Waals surface area contributed by atoms with Crippen LogP contribution in [0.3, 0.4) is 0 Å². The molecule has 2 nitrogen and oxygen atoms in total. The SMILES string of the molecule is Nc1ccc(COCCC2CCC2)cc1F. The van der Waals surface area contributed by atoms with E-state index in [1.165, 1.54) is 25.3 Å². The van der Waals surface area contributed by atoms with Gasteiger partial charge in [0, 0.05) is 6.61 Å². The molecular weight excluding hydrogens is 205 g/mol. The number of anilines is 1. The van der Waals surface area contributed by atoms with Crippen LogP contribution in [0.2, 0.25) is 0 Å². The lowest BCUT2D eigenvalue weighted by Crippen LogP contribution is -2.13. The zero-order valence-electron chi connectivity index (χ0n) is 9.42. The molecule has 0 saturated heterocycles. The lowest BCUT2D eigenvalue weighted by molar-refractivity contribution is 0.0948. The first-order valence-corrected chi connectivity index (χ1v) is 5.87. The Balaban J connectivity index is 1.69. The Morgan fingerprint density at radius 2 is 2.19 bits per heavy atom. The second kappa shape index (κ2) is 5.30. The fourth-order valence-electron chi connectivity index (χ4n) is 1.88. The molecule has 1 aromatic rings. The summed E-state index contributed by atoms with van der Waals surface area (Å²) in [6, 6.07) is 4.83. The summed E-state index contributed by atoms with van der Waals surface area (Å²) in [6.45, 7) is 1.25. The summed E-state index contributed by atoms with van der Waals surface area (Å²) >= 11 is 0. The minimum absolute atomic E-state index is 0.193. The zero-order valence-corrected chi connectivity index (χ0v) is 9.42. The molecule has 1 saturated carbocycles. The van der Waals surface area contributed by atoms with Crippen molar-refractivity contribution >= 4 is 5.69 Å². The average Bonchev–Trinajstić information content (AvgIpc) is 2.20. The summed E-state index contributed by atoms with van der Waals surface area (Å²) in [6.07, 6.45) is 5.20. The summed E-state index contributed by atoms with van der Waals surface area (Å²) in [5.41, 5.74) is 6.43. The maximum absolute atomic E-state index is 13.1. The molecule has 0 spiro atoms. The Labute approximate surface area is 95.6 Å². The monoisotopic (exact) mass is 223 g/mol. The highest BCUT2D eigenvalue weighted by atomic mass is 19.1. The van der Waals surface area contributed by atoms with Crippen molar-refractivity contribution in [2.24, 2.45) is 5.92 Å². The van der Waals surface area contributed by atoms with E-state index in [4.69, 9.17) is 10.5 Å². The number of ether oxygens (including phenoxy) is 1. The Kier molecular flexibility index (Phi) is 3.78. The number of benzene rings is 1. The molecule has 0 heterocycles. The molecule has 0 aliphatic heterocycles. The van der Waals surface area contributed by atoms with Crippen LogP contribution in [0, 0.1) is 11.7 Å². The van der Waals surface area contributed by atoms with Gasteiger partial charge >= 0.3 is 0 Å². The van der Waals surface area contributed by atoms with Gasteiger partial charge in [-0.25, -0.2) is 4.39 Å². The molecule has 1 aliphatic carbocycles. The van der Waals surface area contributed by atoms with Gasteiger partial charge < -0.3 is 10.5 Å². The molecule has 0 amide bonds. The van der Waals surface area contributed by atoms with Crippen LogP contribution in [0.1, 0.15) is 31.2 Å². The normalized spacial score (nSPS) is 16.1. The van der Waals surface area contributed by atoms with Crippen LogP contribution in [0.15, 0.2) is 18.2 Å². The molecule has 2 N–H and O–H groups in total. The second-order valence-electron chi connectivity index (χ2n) is 4.49. The van der Waals surface area contributed by atoms with Gasteiger partial charge in [-0.05, 0) is 30.0 Å². The van der Waals surface area contributed by atoms with E-state index < -0.39 is 0 Å². The molecule has 3 heteroatoms. The third-order valence-corrected chi connectivity index (χ3v) is 3.23. The quantitative estimate of drug-likeness (QED) is 0.615. The van der Waals surface area contributed by atoms with Crippen LogP contribution < -0.4 is 5.73 Å². The van der Waals surface area contributed by atoms with E-state index in [9.17, 15) is 4.39 Å². The summed E-state index contributed by atoms with van der Waals surface area (Å²) in [4.78, 5) is 0.